The lowest BCUT2D eigenvalue weighted by Gasteiger charge is -2.22. The van der Waals surface area contributed by atoms with Gasteiger partial charge in [0, 0.05) is 26.2 Å². The van der Waals surface area contributed by atoms with Crippen LogP contribution in [0.2, 0.25) is 0 Å². The fraction of sp³-hybridized carbons (Fsp3) is 0.316. The van der Waals surface area contributed by atoms with Crippen LogP contribution in [0.3, 0.4) is 0 Å². The van der Waals surface area contributed by atoms with Crippen LogP contribution in [0, 0.1) is 23.5 Å². The van der Waals surface area contributed by atoms with Gasteiger partial charge >= 0.3 is 0 Å². The van der Waals surface area contributed by atoms with Crippen molar-refractivity contribution in [1.82, 2.24) is 14.8 Å². The Bertz CT molecular complexity index is 1130. The van der Waals surface area contributed by atoms with Crippen molar-refractivity contribution in [2.75, 3.05) is 29.0 Å². The molecule has 3 aromatic rings. The van der Waals surface area contributed by atoms with Gasteiger partial charge in [-0.3, -0.25) is 9.48 Å². The summed E-state index contributed by atoms with van der Waals surface area (Å²) in [6, 6.07) is 3.77. The molecule has 5 N–H and O–H groups in total. The van der Waals surface area contributed by atoms with E-state index in [1.807, 2.05) is 0 Å². The van der Waals surface area contributed by atoms with Crippen LogP contribution in [0.4, 0.5) is 25.3 Å². The Morgan fingerprint density at radius 1 is 1.27 bits per heavy atom. The number of aryl methyl sites for hydroxylation is 1. The summed E-state index contributed by atoms with van der Waals surface area (Å²) in [7, 11) is 1.80. The number of nitrogens with two attached hydrogens (primary N) is 2. The molecule has 0 radical (unpaired) electrons. The lowest BCUT2D eigenvalue weighted by molar-refractivity contribution is 0.102. The molecule has 1 aliphatic carbocycles. The molecule has 30 heavy (non-hydrogen) atoms. The fourth-order valence-electron chi connectivity index (χ4n) is 4.12. The minimum atomic E-state index is -0.768. The van der Waals surface area contributed by atoms with E-state index in [4.69, 9.17) is 11.5 Å². The van der Waals surface area contributed by atoms with Crippen LogP contribution in [0.1, 0.15) is 10.5 Å². The number of carbonyl (C=O) groups is 1. The first kappa shape index (κ1) is 18.9. The molecule has 156 valence electrons. The van der Waals surface area contributed by atoms with Gasteiger partial charge in [-0.1, -0.05) is 17.4 Å². The standard InChI is InChI=1S/C19H19F2N7OS/c1-27-19(28-6-8-9(7-28)14(8)22)12(5-24-27)25-17(29)15-16(23)30-18(26-15)13-10(20)3-2-4-11(13)21/h2-5,8-9,14H,6-7,22-23H2,1H3,(H,25,29). The topological polar surface area (TPSA) is 115 Å². The first-order valence-corrected chi connectivity index (χ1v) is 10.2. The van der Waals surface area contributed by atoms with Crippen molar-refractivity contribution < 1.29 is 13.6 Å². The number of carbonyl (C=O) groups excluding carboxylic acids is 1. The number of fused-ring (bicyclic) bond motifs is 1. The number of aromatic nitrogens is 3. The monoisotopic (exact) mass is 431 g/mol. The van der Waals surface area contributed by atoms with Crippen molar-refractivity contribution in [3.63, 3.8) is 0 Å². The lowest BCUT2D eigenvalue weighted by Crippen LogP contribution is -2.30. The Morgan fingerprint density at radius 3 is 2.60 bits per heavy atom. The molecule has 2 fully saturated rings. The maximum absolute atomic E-state index is 14.1. The van der Waals surface area contributed by atoms with Crippen molar-refractivity contribution in [1.29, 1.82) is 0 Å². The largest absolute Gasteiger partial charge is 0.389 e. The van der Waals surface area contributed by atoms with Gasteiger partial charge in [-0.15, -0.1) is 0 Å². The van der Waals surface area contributed by atoms with Crippen LogP contribution in [-0.4, -0.2) is 39.8 Å². The average molecular weight is 431 g/mol. The SMILES string of the molecule is Cn1ncc(NC(=O)c2nc(-c3c(F)cccc3F)sc2N)c1N1CC2C(N)C2C1. The number of thiazole rings is 1. The number of hydrogen-bond acceptors (Lipinski definition) is 7. The highest BCUT2D eigenvalue weighted by atomic mass is 32.1. The third-order valence-electron chi connectivity index (χ3n) is 5.76. The van der Waals surface area contributed by atoms with Gasteiger partial charge in [-0.25, -0.2) is 13.8 Å². The number of amides is 1. The van der Waals surface area contributed by atoms with Crippen molar-refractivity contribution >= 4 is 33.8 Å². The molecule has 1 aromatic carbocycles. The molecule has 1 amide bonds. The summed E-state index contributed by atoms with van der Waals surface area (Å²) in [6.07, 6.45) is 1.55. The molecule has 1 saturated heterocycles. The number of nitrogen functional groups attached to an aromatic ring is 1. The van der Waals surface area contributed by atoms with Crippen LogP contribution >= 0.6 is 11.3 Å². The van der Waals surface area contributed by atoms with E-state index in [-0.39, 0.29) is 27.3 Å². The smallest absolute Gasteiger partial charge is 0.277 e. The normalized spacial score (nSPS) is 22.3. The van der Waals surface area contributed by atoms with E-state index in [0.29, 0.717) is 17.5 Å². The zero-order valence-corrected chi connectivity index (χ0v) is 16.8. The van der Waals surface area contributed by atoms with E-state index in [1.165, 1.54) is 6.07 Å². The number of anilines is 3. The molecule has 1 aliphatic heterocycles. The van der Waals surface area contributed by atoms with Crippen molar-refractivity contribution in [2.45, 2.75) is 6.04 Å². The second kappa shape index (κ2) is 6.74. The Hall–Kier alpha value is -3.05. The fourth-order valence-corrected chi connectivity index (χ4v) is 5.00. The van der Waals surface area contributed by atoms with Crippen molar-refractivity contribution in [3.05, 3.63) is 41.7 Å². The molecule has 5 rings (SSSR count). The summed E-state index contributed by atoms with van der Waals surface area (Å²) < 4.78 is 29.8. The zero-order chi connectivity index (χ0) is 21.2. The van der Waals surface area contributed by atoms with Gasteiger partial charge in [0.1, 0.15) is 27.3 Å². The number of rotatable bonds is 4. The summed E-state index contributed by atoms with van der Waals surface area (Å²) in [6.45, 7) is 1.62. The molecule has 2 aromatic heterocycles. The molecule has 2 unspecified atom stereocenters. The van der Waals surface area contributed by atoms with E-state index in [0.717, 1.165) is 42.4 Å². The van der Waals surface area contributed by atoms with Crippen LogP contribution in [0.15, 0.2) is 24.4 Å². The number of halogens is 2. The van der Waals surface area contributed by atoms with Crippen LogP contribution in [-0.2, 0) is 7.05 Å². The predicted octanol–water partition coefficient (Wildman–Crippen LogP) is 2.05. The van der Waals surface area contributed by atoms with Gasteiger partial charge in [0.05, 0.1) is 11.8 Å². The Morgan fingerprint density at radius 2 is 1.93 bits per heavy atom. The second-order valence-electron chi connectivity index (χ2n) is 7.60. The summed E-state index contributed by atoms with van der Waals surface area (Å²) in [5.74, 6) is -0.391. The molecular weight excluding hydrogens is 412 g/mol. The van der Waals surface area contributed by atoms with Crippen LogP contribution in [0.5, 0.6) is 0 Å². The highest BCUT2D eigenvalue weighted by Gasteiger charge is 2.54. The van der Waals surface area contributed by atoms with Gasteiger partial charge in [-0.05, 0) is 24.0 Å². The molecular formula is C19H19F2N7OS. The quantitative estimate of drug-likeness (QED) is 0.582. The third-order valence-corrected chi connectivity index (χ3v) is 6.66. The van der Waals surface area contributed by atoms with Gasteiger partial charge in [-0.2, -0.15) is 5.10 Å². The number of piperidine rings is 1. The maximum atomic E-state index is 14.1. The molecule has 1 saturated carbocycles. The third kappa shape index (κ3) is 2.92. The van der Waals surface area contributed by atoms with Gasteiger partial charge in [0.15, 0.2) is 11.5 Å². The number of benzene rings is 1. The Kier molecular flexibility index (Phi) is 4.26. The Balaban J connectivity index is 1.40. The molecule has 2 atom stereocenters. The molecule has 11 heteroatoms. The summed E-state index contributed by atoms with van der Waals surface area (Å²) in [5, 5.41) is 7.11. The van der Waals surface area contributed by atoms with Crippen molar-refractivity contribution in [3.8, 4) is 10.6 Å². The van der Waals surface area contributed by atoms with E-state index in [9.17, 15) is 13.6 Å². The van der Waals surface area contributed by atoms with E-state index < -0.39 is 17.5 Å². The lowest BCUT2D eigenvalue weighted by atomic mass is 10.2. The van der Waals surface area contributed by atoms with Crippen LogP contribution in [0.25, 0.3) is 10.6 Å². The summed E-state index contributed by atoms with van der Waals surface area (Å²) >= 11 is 0.856. The second-order valence-corrected chi connectivity index (χ2v) is 8.63. The zero-order valence-electron chi connectivity index (χ0n) is 16.0. The highest BCUT2D eigenvalue weighted by Crippen LogP contribution is 2.46. The van der Waals surface area contributed by atoms with Gasteiger partial charge in [0.2, 0.25) is 0 Å². The van der Waals surface area contributed by atoms with E-state index >= 15 is 0 Å². The first-order chi connectivity index (χ1) is 14.3. The molecule has 8 nitrogen and oxygen atoms in total. The van der Waals surface area contributed by atoms with Crippen LogP contribution < -0.4 is 21.7 Å². The van der Waals surface area contributed by atoms with E-state index in [2.05, 4.69) is 20.3 Å². The molecule has 2 aliphatic rings. The van der Waals surface area contributed by atoms with Crippen molar-refractivity contribution in [2.24, 2.45) is 24.6 Å². The first-order valence-electron chi connectivity index (χ1n) is 9.39. The minimum absolute atomic E-state index is 0.00767. The molecule has 3 heterocycles. The maximum Gasteiger partial charge on any atom is 0.277 e. The molecule has 0 bridgehead atoms. The molecule has 0 spiro atoms. The summed E-state index contributed by atoms with van der Waals surface area (Å²) in [5.41, 5.74) is 12.1. The number of hydrogen-bond donors (Lipinski definition) is 3. The van der Waals surface area contributed by atoms with Gasteiger partial charge < -0.3 is 21.7 Å². The van der Waals surface area contributed by atoms with E-state index in [1.54, 1.807) is 17.9 Å². The predicted molar refractivity (Wildman–Crippen MR) is 110 cm³/mol. The van der Waals surface area contributed by atoms with Gasteiger partial charge in [0.25, 0.3) is 5.91 Å². The average Bonchev–Trinajstić information content (AvgIpc) is 3.11. The number of nitrogens with one attached hydrogen (secondary N) is 1. The number of nitrogens with zero attached hydrogens (tertiary/aromatic N) is 4. The minimum Gasteiger partial charge on any atom is -0.389 e. The highest BCUT2D eigenvalue weighted by molar-refractivity contribution is 7.19. The summed E-state index contributed by atoms with van der Waals surface area (Å²) in [4.78, 5) is 19.1. The Labute approximate surface area is 174 Å².